The van der Waals surface area contributed by atoms with Crippen molar-refractivity contribution < 1.29 is 15.0 Å². The number of ketones is 1. The van der Waals surface area contributed by atoms with E-state index in [4.69, 9.17) is 11.5 Å². The van der Waals surface area contributed by atoms with E-state index in [-0.39, 0.29) is 28.9 Å². The fraction of sp³-hybridized carbons (Fsp3) is 0.280. The molecule has 1 aliphatic rings. The highest BCUT2D eigenvalue weighted by molar-refractivity contribution is 9.10. The van der Waals surface area contributed by atoms with E-state index < -0.39 is 18.2 Å². The van der Waals surface area contributed by atoms with Gasteiger partial charge in [0.05, 0.1) is 22.1 Å². The van der Waals surface area contributed by atoms with E-state index in [1.165, 1.54) is 17.7 Å². The zero-order valence-corrected chi connectivity index (χ0v) is 21.5. The lowest BCUT2D eigenvalue weighted by Gasteiger charge is -2.20. The van der Waals surface area contributed by atoms with Crippen LogP contribution in [0.5, 0.6) is 0 Å². The number of nitrogens with zero attached hydrogens (tertiary/aromatic N) is 3. The summed E-state index contributed by atoms with van der Waals surface area (Å²) in [6.45, 7) is 0. The number of benzene rings is 1. The van der Waals surface area contributed by atoms with Crippen molar-refractivity contribution in [2.24, 2.45) is 5.92 Å². The summed E-state index contributed by atoms with van der Waals surface area (Å²) in [6.07, 6.45) is 1.21. The normalized spacial score (nSPS) is 21.6. The lowest BCUT2D eigenvalue weighted by Crippen LogP contribution is -2.35. The third-order valence-electron chi connectivity index (χ3n) is 6.68. The van der Waals surface area contributed by atoms with E-state index in [2.05, 4.69) is 36.2 Å². The first-order valence-corrected chi connectivity index (χ1v) is 13.2. The Labute approximate surface area is 219 Å². The number of anilines is 3. The van der Waals surface area contributed by atoms with Gasteiger partial charge in [-0.15, -0.1) is 0 Å². The van der Waals surface area contributed by atoms with Gasteiger partial charge in [0.1, 0.15) is 35.4 Å². The topological polar surface area (TPSA) is 160 Å². The monoisotopic (exact) mass is 568 g/mol. The summed E-state index contributed by atoms with van der Waals surface area (Å²) in [4.78, 5) is 25.6. The van der Waals surface area contributed by atoms with E-state index >= 15 is 0 Å². The number of aliphatic hydroxyl groups is 2. The summed E-state index contributed by atoms with van der Waals surface area (Å²) in [5.74, 6) is 0.307. The molecule has 186 valence electrons. The molecule has 1 fully saturated rings. The Balaban J connectivity index is 1.29. The highest BCUT2D eigenvalue weighted by Gasteiger charge is 2.41. The average Bonchev–Trinajstić information content (AvgIpc) is 3.48. The van der Waals surface area contributed by atoms with Gasteiger partial charge in [-0.1, -0.05) is 12.1 Å². The maximum atomic E-state index is 13.0. The molecule has 3 aromatic heterocycles. The van der Waals surface area contributed by atoms with Gasteiger partial charge in [-0.2, -0.15) is 11.3 Å². The Hall–Kier alpha value is -3.12. The lowest BCUT2D eigenvalue weighted by atomic mass is 9.95. The zero-order valence-electron chi connectivity index (χ0n) is 19.1. The first-order chi connectivity index (χ1) is 17.3. The predicted octanol–water partition coefficient (Wildman–Crippen LogP) is 3.40. The number of hydrogen-bond acceptors (Lipinski definition) is 10. The second-order valence-electron chi connectivity index (χ2n) is 8.97. The minimum atomic E-state index is -1.02. The fourth-order valence-corrected chi connectivity index (χ4v) is 5.68. The van der Waals surface area contributed by atoms with E-state index in [1.807, 2.05) is 29.6 Å². The SMILES string of the molecule is Nc1nc2cc(CC[C@H]3C[C@@H](Nc4ncnc(N)c4C(=O)c4ccsc4)[C@H](O)[C@@H]3O)ccc2cc1Br. The molecule has 0 radical (unpaired) electrons. The second kappa shape index (κ2) is 10.1. The number of nitrogens with two attached hydrogens (primary N) is 2. The highest BCUT2D eigenvalue weighted by atomic mass is 79.9. The van der Waals surface area contributed by atoms with Gasteiger partial charge >= 0.3 is 0 Å². The first kappa shape index (κ1) is 24.6. The smallest absolute Gasteiger partial charge is 0.201 e. The molecule has 1 aliphatic carbocycles. The molecule has 0 aliphatic heterocycles. The zero-order chi connectivity index (χ0) is 25.4. The number of pyridine rings is 1. The maximum Gasteiger partial charge on any atom is 0.201 e. The minimum absolute atomic E-state index is 0.0610. The Morgan fingerprint density at radius 1 is 1.14 bits per heavy atom. The first-order valence-electron chi connectivity index (χ1n) is 11.5. The number of carbonyl (C=O) groups excluding carboxylic acids is 1. The van der Waals surface area contributed by atoms with Gasteiger partial charge in [0.25, 0.3) is 0 Å². The van der Waals surface area contributed by atoms with Gasteiger partial charge in [0.2, 0.25) is 5.78 Å². The van der Waals surface area contributed by atoms with Crippen LogP contribution < -0.4 is 16.8 Å². The Morgan fingerprint density at radius 2 is 1.97 bits per heavy atom. The number of thiophene rings is 1. The molecule has 0 saturated heterocycles. The van der Waals surface area contributed by atoms with Crippen molar-refractivity contribution in [1.82, 2.24) is 15.0 Å². The van der Waals surface area contributed by atoms with E-state index in [0.717, 1.165) is 20.9 Å². The van der Waals surface area contributed by atoms with E-state index in [0.29, 0.717) is 30.6 Å². The van der Waals surface area contributed by atoms with Crippen LogP contribution in [0, 0.1) is 5.92 Å². The highest BCUT2D eigenvalue weighted by Crippen LogP contribution is 2.34. The van der Waals surface area contributed by atoms with Crippen molar-refractivity contribution in [2.75, 3.05) is 16.8 Å². The van der Waals surface area contributed by atoms with Gasteiger partial charge in [-0.3, -0.25) is 4.79 Å². The average molecular weight is 569 g/mol. The van der Waals surface area contributed by atoms with Crippen LogP contribution in [-0.2, 0) is 6.42 Å². The molecule has 1 aromatic carbocycles. The lowest BCUT2D eigenvalue weighted by molar-refractivity contribution is 0.0158. The number of rotatable bonds is 7. The second-order valence-corrected chi connectivity index (χ2v) is 10.6. The molecular weight excluding hydrogens is 544 g/mol. The van der Waals surface area contributed by atoms with Crippen molar-refractivity contribution in [1.29, 1.82) is 0 Å². The number of aliphatic hydroxyl groups excluding tert-OH is 2. The van der Waals surface area contributed by atoms with Crippen molar-refractivity contribution in [2.45, 2.75) is 37.5 Å². The summed E-state index contributed by atoms with van der Waals surface area (Å²) < 4.78 is 0.759. The molecule has 0 unspecified atom stereocenters. The molecule has 4 aromatic rings. The van der Waals surface area contributed by atoms with Gasteiger partial charge in [0, 0.05) is 16.3 Å². The van der Waals surface area contributed by atoms with Gasteiger partial charge in [-0.25, -0.2) is 15.0 Å². The molecule has 36 heavy (non-hydrogen) atoms. The third-order valence-corrected chi connectivity index (χ3v) is 8.00. The number of nitrogens with one attached hydrogen (secondary N) is 1. The summed E-state index contributed by atoms with van der Waals surface area (Å²) in [6, 6.07) is 9.18. The van der Waals surface area contributed by atoms with E-state index in [1.54, 1.807) is 11.4 Å². The van der Waals surface area contributed by atoms with Crippen molar-refractivity contribution in [3.05, 3.63) is 68.6 Å². The van der Waals surface area contributed by atoms with Gasteiger partial charge < -0.3 is 27.0 Å². The number of carbonyl (C=O) groups is 1. The van der Waals surface area contributed by atoms with Crippen molar-refractivity contribution >= 4 is 61.4 Å². The molecule has 0 spiro atoms. The largest absolute Gasteiger partial charge is 0.390 e. The van der Waals surface area contributed by atoms with Crippen LogP contribution in [0.3, 0.4) is 0 Å². The standard InChI is InChI=1S/C25H25BrN6O3S/c26-16-8-13-3-1-12(7-17(13)31-23(16)27)2-4-14-9-18(22(35)21(14)34)32-25-19(24(28)29-11-30-25)20(33)15-5-6-36-10-15/h1,3,5-8,10-11,14,18,21-22,34-35H,2,4,9H2,(H2,27,31)(H3,28,29,30,32)/t14-,18+,21+,22-/m0/s1. The third kappa shape index (κ3) is 4.79. The number of nitrogen functional groups attached to an aromatic ring is 2. The molecule has 9 nitrogen and oxygen atoms in total. The molecule has 4 atom stereocenters. The number of aromatic nitrogens is 3. The number of hydrogen-bond donors (Lipinski definition) is 5. The van der Waals surface area contributed by atoms with Crippen molar-refractivity contribution in [3.63, 3.8) is 0 Å². The molecule has 3 heterocycles. The van der Waals surface area contributed by atoms with Crippen LogP contribution in [0.25, 0.3) is 10.9 Å². The fourth-order valence-electron chi connectivity index (χ4n) is 4.71. The number of aryl methyl sites for hydroxylation is 1. The van der Waals surface area contributed by atoms with Crippen LogP contribution in [0.15, 0.2) is 51.9 Å². The quantitative estimate of drug-likeness (QED) is 0.210. The Kier molecular flexibility index (Phi) is 6.89. The number of fused-ring (bicyclic) bond motifs is 1. The molecule has 0 amide bonds. The predicted molar refractivity (Wildman–Crippen MR) is 144 cm³/mol. The Bertz CT molecular complexity index is 1420. The number of halogens is 1. The van der Waals surface area contributed by atoms with Crippen molar-refractivity contribution in [3.8, 4) is 0 Å². The van der Waals surface area contributed by atoms with E-state index in [9.17, 15) is 15.0 Å². The molecule has 1 saturated carbocycles. The summed E-state index contributed by atoms with van der Waals surface area (Å²) in [7, 11) is 0. The molecule has 11 heteroatoms. The van der Waals surface area contributed by atoms with Gasteiger partial charge in [0.15, 0.2) is 0 Å². The Morgan fingerprint density at radius 3 is 2.75 bits per heavy atom. The van der Waals surface area contributed by atoms with Crippen LogP contribution in [0.1, 0.15) is 34.3 Å². The van der Waals surface area contributed by atoms with Crippen LogP contribution >= 0.6 is 27.3 Å². The maximum absolute atomic E-state index is 13.0. The molecule has 7 N–H and O–H groups in total. The summed E-state index contributed by atoms with van der Waals surface area (Å²) >= 11 is 4.81. The molecule has 0 bridgehead atoms. The molecule has 5 rings (SSSR count). The molecular formula is C25H25BrN6O3S. The summed E-state index contributed by atoms with van der Waals surface area (Å²) in [5, 5.41) is 29.2. The van der Waals surface area contributed by atoms with Crippen LogP contribution in [0.2, 0.25) is 0 Å². The van der Waals surface area contributed by atoms with Crippen LogP contribution in [-0.4, -0.2) is 49.2 Å². The van der Waals surface area contributed by atoms with Crippen LogP contribution in [0.4, 0.5) is 17.5 Å². The summed E-state index contributed by atoms with van der Waals surface area (Å²) in [5.41, 5.74) is 14.5. The van der Waals surface area contributed by atoms with Gasteiger partial charge in [-0.05, 0) is 70.3 Å². The minimum Gasteiger partial charge on any atom is -0.390 e.